The fraction of sp³-hybridized carbons (Fsp3) is 0.231. The van der Waals surface area contributed by atoms with E-state index < -0.39 is 11.5 Å². The van der Waals surface area contributed by atoms with Crippen LogP contribution < -0.4 is 11.4 Å². The molecule has 5 nitrogen and oxygen atoms in total. The predicted molar refractivity (Wildman–Crippen MR) is 87.7 cm³/mol. The fourth-order valence-corrected chi connectivity index (χ4v) is 1.96. The Morgan fingerprint density at radius 1 is 1.45 bits per heavy atom. The maximum atomic E-state index is 13.8. The molecule has 0 bridgehead atoms. The number of benzene rings is 1. The number of aromatic nitrogens is 3. The molecule has 22 heavy (non-hydrogen) atoms. The molecule has 2 N–H and O–H groups in total. The monoisotopic (exact) mass is 396 g/mol. The van der Waals surface area contributed by atoms with Crippen LogP contribution in [0.25, 0.3) is 5.69 Å². The van der Waals surface area contributed by atoms with Crippen molar-refractivity contribution in [2.45, 2.75) is 14.0 Å². The lowest BCUT2D eigenvalue weighted by Gasteiger charge is -2.03. The molecule has 0 radical (unpaired) electrons. The number of nitrogens with zero attached hydrogens (tertiary/aromatic N) is 3. The van der Waals surface area contributed by atoms with Crippen LogP contribution >= 0.6 is 28.3 Å². The number of rotatable bonds is 4. The van der Waals surface area contributed by atoms with Crippen LogP contribution in [-0.4, -0.2) is 20.9 Å². The average Bonchev–Trinajstić information content (AvgIpc) is 2.77. The highest BCUT2D eigenvalue weighted by Crippen LogP contribution is 2.17. The summed E-state index contributed by atoms with van der Waals surface area (Å²) in [5.41, 5.74) is 5.03. The smallest absolute Gasteiger partial charge is 0.327 e. The Bertz CT molecular complexity index is 714. The summed E-state index contributed by atoms with van der Waals surface area (Å²) in [5, 5.41) is 3.82. The van der Waals surface area contributed by atoms with Crippen molar-refractivity contribution in [2.24, 2.45) is 5.73 Å². The summed E-state index contributed by atoms with van der Waals surface area (Å²) in [6.45, 7) is -0.0978. The molecule has 0 unspecified atom stereocenters. The van der Waals surface area contributed by atoms with Gasteiger partial charge in [-0.05, 0) is 23.8 Å². The van der Waals surface area contributed by atoms with Gasteiger partial charge in [0.1, 0.15) is 12.1 Å². The number of hydrogen-bond donors (Lipinski definition) is 1. The first-order chi connectivity index (χ1) is 9.56. The third kappa shape index (κ3) is 4.25. The van der Waals surface area contributed by atoms with Crippen molar-refractivity contribution < 1.29 is 8.78 Å². The molecule has 2 aromatic rings. The van der Waals surface area contributed by atoms with E-state index in [9.17, 15) is 13.6 Å². The van der Waals surface area contributed by atoms with Gasteiger partial charge in [-0.2, -0.15) is 5.10 Å². The first kappa shape index (κ1) is 20.5. The molecular formula is C13H16BrClF2N4O. The lowest BCUT2D eigenvalue weighted by molar-refractivity contribution is 0.601. The van der Waals surface area contributed by atoms with E-state index in [0.717, 1.165) is 9.25 Å². The summed E-state index contributed by atoms with van der Waals surface area (Å²) in [5.74, 6) is -0.568. The van der Waals surface area contributed by atoms with E-state index in [1.165, 1.54) is 18.5 Å². The van der Waals surface area contributed by atoms with Gasteiger partial charge in [-0.15, -0.1) is 12.4 Å². The van der Waals surface area contributed by atoms with Crippen molar-refractivity contribution in [2.75, 3.05) is 6.54 Å². The van der Waals surface area contributed by atoms with E-state index >= 15 is 0 Å². The normalized spacial score (nSPS) is 10.8. The van der Waals surface area contributed by atoms with Crippen LogP contribution in [0, 0.1) is 5.82 Å². The molecule has 1 aromatic carbocycles. The fourth-order valence-electron chi connectivity index (χ4n) is 1.62. The Labute approximate surface area is 141 Å². The van der Waals surface area contributed by atoms with E-state index in [-0.39, 0.29) is 44.2 Å². The van der Waals surface area contributed by atoms with Gasteiger partial charge in [0.2, 0.25) is 0 Å². The minimum Gasteiger partial charge on any atom is -0.327 e. The highest BCUT2D eigenvalue weighted by Gasteiger charge is 2.12. The molecule has 0 spiro atoms. The summed E-state index contributed by atoms with van der Waals surface area (Å²) in [7, 11) is 0. The molecule has 0 saturated heterocycles. The zero-order valence-electron chi connectivity index (χ0n) is 10.7. The Kier molecular flexibility index (Phi) is 8.21. The largest absolute Gasteiger partial charge is 0.350 e. The van der Waals surface area contributed by atoms with Gasteiger partial charge in [0.25, 0.3) is 0 Å². The second kappa shape index (κ2) is 8.82. The van der Waals surface area contributed by atoms with Crippen LogP contribution in [0.4, 0.5) is 8.78 Å². The van der Waals surface area contributed by atoms with Gasteiger partial charge in [0.15, 0.2) is 0 Å². The van der Waals surface area contributed by atoms with Crippen molar-refractivity contribution in [1.29, 1.82) is 0 Å². The van der Waals surface area contributed by atoms with Crippen LogP contribution in [0.1, 0.15) is 7.43 Å². The average molecular weight is 398 g/mol. The zero-order chi connectivity index (χ0) is 14.7. The maximum absolute atomic E-state index is 13.8. The quantitative estimate of drug-likeness (QED) is 0.863. The summed E-state index contributed by atoms with van der Waals surface area (Å²) in [6.07, 6.45) is 1.52. The Balaban J connectivity index is 0.00000220. The van der Waals surface area contributed by atoms with Crippen LogP contribution in [-0.2, 0) is 6.54 Å². The molecule has 0 saturated carbocycles. The topological polar surface area (TPSA) is 65.8 Å². The predicted octanol–water partition coefficient (Wildman–Crippen LogP) is 2.81. The van der Waals surface area contributed by atoms with Gasteiger partial charge in [-0.3, -0.25) is 0 Å². The minimum absolute atomic E-state index is 0. The Hall–Kier alpha value is -1.51. The Morgan fingerprint density at radius 3 is 2.68 bits per heavy atom. The van der Waals surface area contributed by atoms with Crippen molar-refractivity contribution in [1.82, 2.24) is 14.3 Å². The van der Waals surface area contributed by atoms with E-state index in [1.54, 1.807) is 6.07 Å². The molecule has 0 amide bonds. The Morgan fingerprint density at radius 2 is 2.14 bits per heavy atom. The maximum Gasteiger partial charge on any atom is 0.350 e. The van der Waals surface area contributed by atoms with Gasteiger partial charge in [-0.25, -0.2) is 22.8 Å². The molecule has 9 heteroatoms. The van der Waals surface area contributed by atoms with Crippen molar-refractivity contribution >= 4 is 28.3 Å². The minimum atomic E-state index is -0.570. The summed E-state index contributed by atoms with van der Waals surface area (Å²) in [6, 6.07) is 4.29. The summed E-state index contributed by atoms with van der Waals surface area (Å²) in [4.78, 5) is 12.1. The van der Waals surface area contributed by atoms with Gasteiger partial charge in [-0.1, -0.05) is 23.4 Å². The number of halogens is 4. The highest BCUT2D eigenvalue weighted by atomic mass is 79.9. The molecule has 0 aliphatic heterocycles. The van der Waals surface area contributed by atoms with Gasteiger partial charge in [0.05, 0.1) is 18.6 Å². The molecule has 1 heterocycles. The lowest BCUT2D eigenvalue weighted by Crippen LogP contribution is -2.26. The summed E-state index contributed by atoms with van der Waals surface area (Å²) < 4.78 is 28.9. The summed E-state index contributed by atoms with van der Waals surface area (Å²) >= 11 is 3.13. The lowest BCUT2D eigenvalue weighted by atomic mass is 10.3. The molecule has 0 aliphatic carbocycles. The first-order valence-corrected chi connectivity index (χ1v) is 6.44. The van der Waals surface area contributed by atoms with Crippen LogP contribution in [0.5, 0.6) is 0 Å². The molecule has 0 atom stereocenters. The number of nitrogens with two attached hydrogens (primary N) is 1. The van der Waals surface area contributed by atoms with Crippen molar-refractivity contribution in [3.05, 3.63) is 57.2 Å². The molecular weight excluding hydrogens is 382 g/mol. The van der Waals surface area contributed by atoms with E-state index in [1.807, 2.05) is 0 Å². The van der Waals surface area contributed by atoms with E-state index in [0.29, 0.717) is 10.8 Å². The highest BCUT2D eigenvalue weighted by molar-refractivity contribution is 9.10. The first-order valence-electron chi connectivity index (χ1n) is 5.65. The molecule has 0 fully saturated rings. The third-order valence-electron chi connectivity index (χ3n) is 2.67. The molecule has 1 aromatic heterocycles. The van der Waals surface area contributed by atoms with Gasteiger partial charge >= 0.3 is 5.69 Å². The van der Waals surface area contributed by atoms with Crippen LogP contribution in [0.3, 0.4) is 0 Å². The van der Waals surface area contributed by atoms with Crippen LogP contribution in [0.15, 0.2) is 45.7 Å². The van der Waals surface area contributed by atoms with Crippen LogP contribution in [0.2, 0.25) is 0 Å². The second-order valence-electron chi connectivity index (χ2n) is 4.01. The molecule has 122 valence electrons. The van der Waals surface area contributed by atoms with E-state index in [4.69, 9.17) is 5.73 Å². The van der Waals surface area contributed by atoms with E-state index in [2.05, 4.69) is 21.0 Å². The third-order valence-corrected chi connectivity index (χ3v) is 3.17. The second-order valence-corrected chi connectivity index (χ2v) is 4.92. The van der Waals surface area contributed by atoms with Gasteiger partial charge < -0.3 is 5.73 Å². The van der Waals surface area contributed by atoms with Crippen molar-refractivity contribution in [3.8, 4) is 5.69 Å². The molecule has 0 aliphatic rings. The van der Waals surface area contributed by atoms with Crippen molar-refractivity contribution in [3.63, 3.8) is 0 Å². The molecule has 2 rings (SSSR count). The SMILES string of the molecule is C.Cl.NC/C(=C/F)Cn1ncn(-c2ccc(Br)cc2F)c1=O. The van der Waals surface area contributed by atoms with Gasteiger partial charge in [0, 0.05) is 11.0 Å². The zero-order valence-corrected chi connectivity index (χ0v) is 13.1. The number of hydrogen-bond acceptors (Lipinski definition) is 3. The standard InChI is InChI=1S/C12H11BrF2N4O.CH4.ClH/c13-9-1-2-11(10(15)3-9)18-7-17-19(12(18)20)6-8(4-14)5-16;;/h1-4,7H,5-6,16H2;1H4;1H/b8-4-;;.